The van der Waals surface area contributed by atoms with Gasteiger partial charge in [0.1, 0.15) is 0 Å². The normalized spacial score (nSPS) is 13.4. The molecule has 0 aliphatic carbocycles. The molecule has 0 aliphatic heterocycles. The summed E-state index contributed by atoms with van der Waals surface area (Å²) in [6.07, 6.45) is 0.489. The molecule has 21 heavy (non-hydrogen) atoms. The number of anilines is 1. The van der Waals surface area contributed by atoms with E-state index in [-0.39, 0.29) is 12.1 Å². The summed E-state index contributed by atoms with van der Waals surface area (Å²) in [4.78, 5) is 4.78. The standard InChI is InChI=1S/C17H21N3S/c1-13-9-10-16(21-13)17(14(2)19)20(12-6-11-18)15-7-4-3-5-8-15/h3-5,7-10,14,17H,6,12,19H2,1-2H3. The number of hydrogen-bond donors (Lipinski definition) is 1. The Balaban J connectivity index is 2.38. The topological polar surface area (TPSA) is 53.0 Å². The highest BCUT2D eigenvalue weighted by Crippen LogP contribution is 2.33. The van der Waals surface area contributed by atoms with Crippen molar-refractivity contribution >= 4 is 17.0 Å². The SMILES string of the molecule is Cc1ccc(C(C(C)N)N(CCC#N)c2ccccc2)s1. The summed E-state index contributed by atoms with van der Waals surface area (Å²) in [6, 6.07) is 16.8. The molecule has 0 amide bonds. The van der Waals surface area contributed by atoms with E-state index in [0.717, 1.165) is 5.69 Å². The molecule has 1 aromatic carbocycles. The number of benzene rings is 1. The first kappa shape index (κ1) is 15.6. The van der Waals surface area contributed by atoms with Crippen LogP contribution in [0.4, 0.5) is 5.69 Å². The van der Waals surface area contributed by atoms with Crippen molar-refractivity contribution in [3.63, 3.8) is 0 Å². The predicted octanol–water partition coefficient (Wildman–Crippen LogP) is 3.87. The summed E-state index contributed by atoms with van der Waals surface area (Å²) in [5, 5.41) is 8.95. The van der Waals surface area contributed by atoms with Crippen molar-refractivity contribution in [2.45, 2.75) is 32.4 Å². The van der Waals surface area contributed by atoms with Crippen LogP contribution in [0.15, 0.2) is 42.5 Å². The Labute approximate surface area is 130 Å². The van der Waals surface area contributed by atoms with Crippen molar-refractivity contribution in [3.8, 4) is 6.07 Å². The Kier molecular flexibility index (Phi) is 5.38. The highest BCUT2D eigenvalue weighted by Gasteiger charge is 2.25. The Morgan fingerprint density at radius 1 is 1.24 bits per heavy atom. The molecule has 0 saturated carbocycles. The molecule has 110 valence electrons. The molecular formula is C17H21N3S. The van der Waals surface area contributed by atoms with Crippen LogP contribution >= 0.6 is 11.3 Å². The van der Waals surface area contributed by atoms with E-state index in [4.69, 9.17) is 11.0 Å². The lowest BCUT2D eigenvalue weighted by Crippen LogP contribution is -2.39. The molecule has 0 bridgehead atoms. The Morgan fingerprint density at radius 2 is 1.95 bits per heavy atom. The zero-order valence-corrected chi connectivity index (χ0v) is 13.3. The van der Waals surface area contributed by atoms with Crippen LogP contribution in [0.2, 0.25) is 0 Å². The third-order valence-corrected chi connectivity index (χ3v) is 4.51. The van der Waals surface area contributed by atoms with Gasteiger partial charge in [-0.25, -0.2) is 0 Å². The third-order valence-electron chi connectivity index (χ3n) is 3.44. The summed E-state index contributed by atoms with van der Waals surface area (Å²) in [5.41, 5.74) is 7.38. The first-order valence-electron chi connectivity index (χ1n) is 7.14. The van der Waals surface area contributed by atoms with Crippen LogP contribution in [-0.4, -0.2) is 12.6 Å². The molecule has 1 heterocycles. The van der Waals surface area contributed by atoms with Gasteiger partial charge in [-0.3, -0.25) is 0 Å². The van der Waals surface area contributed by atoms with Gasteiger partial charge >= 0.3 is 0 Å². The van der Waals surface area contributed by atoms with Crippen LogP contribution in [0.25, 0.3) is 0 Å². The average Bonchev–Trinajstić information content (AvgIpc) is 2.90. The van der Waals surface area contributed by atoms with E-state index in [1.165, 1.54) is 9.75 Å². The minimum Gasteiger partial charge on any atom is -0.361 e. The number of para-hydroxylation sites is 1. The smallest absolute Gasteiger partial charge is 0.0783 e. The monoisotopic (exact) mass is 299 g/mol. The molecule has 3 nitrogen and oxygen atoms in total. The van der Waals surface area contributed by atoms with E-state index in [1.807, 2.05) is 25.1 Å². The van der Waals surface area contributed by atoms with Crippen molar-refractivity contribution in [1.29, 1.82) is 5.26 Å². The number of rotatable bonds is 6. The predicted molar refractivity (Wildman–Crippen MR) is 89.5 cm³/mol. The number of nitrogens with zero attached hydrogens (tertiary/aromatic N) is 2. The molecule has 0 spiro atoms. The second kappa shape index (κ2) is 7.26. The maximum atomic E-state index is 8.95. The van der Waals surface area contributed by atoms with Gasteiger partial charge in [-0.2, -0.15) is 5.26 Å². The van der Waals surface area contributed by atoms with E-state index in [2.05, 4.69) is 42.2 Å². The fourth-order valence-electron chi connectivity index (χ4n) is 2.53. The van der Waals surface area contributed by atoms with Gasteiger partial charge in [0.2, 0.25) is 0 Å². The summed E-state index contributed by atoms with van der Waals surface area (Å²) >= 11 is 1.78. The first-order valence-corrected chi connectivity index (χ1v) is 7.95. The van der Waals surface area contributed by atoms with Gasteiger partial charge in [0.15, 0.2) is 0 Å². The minimum atomic E-state index is -0.0121. The summed E-state index contributed by atoms with van der Waals surface area (Å²) in [6.45, 7) is 4.82. The van der Waals surface area contributed by atoms with Crippen LogP contribution in [0.1, 0.15) is 29.1 Å². The molecule has 0 aliphatic rings. The lowest BCUT2D eigenvalue weighted by atomic mass is 10.1. The van der Waals surface area contributed by atoms with E-state index in [1.54, 1.807) is 11.3 Å². The van der Waals surface area contributed by atoms with E-state index in [9.17, 15) is 0 Å². The number of thiophene rings is 1. The van der Waals surface area contributed by atoms with Crippen LogP contribution < -0.4 is 10.6 Å². The quantitative estimate of drug-likeness (QED) is 0.881. The number of aryl methyl sites for hydroxylation is 1. The highest BCUT2D eigenvalue weighted by molar-refractivity contribution is 7.12. The first-order chi connectivity index (χ1) is 10.1. The molecule has 2 unspecified atom stereocenters. The molecule has 2 rings (SSSR count). The second-order valence-corrected chi connectivity index (χ2v) is 6.51. The van der Waals surface area contributed by atoms with Crippen LogP contribution in [0, 0.1) is 18.3 Å². The number of nitrogens with two attached hydrogens (primary N) is 1. The maximum absolute atomic E-state index is 8.95. The van der Waals surface area contributed by atoms with Crippen LogP contribution in [0.3, 0.4) is 0 Å². The molecule has 4 heteroatoms. The molecule has 2 N–H and O–H groups in total. The summed E-state index contributed by atoms with van der Waals surface area (Å²) in [5.74, 6) is 0. The summed E-state index contributed by atoms with van der Waals surface area (Å²) in [7, 11) is 0. The Hall–Kier alpha value is -1.83. The molecule has 0 fully saturated rings. The third kappa shape index (κ3) is 3.84. The minimum absolute atomic E-state index is 0.0121. The molecule has 1 aromatic heterocycles. The molecule has 2 aromatic rings. The van der Waals surface area contributed by atoms with Gasteiger partial charge in [-0.05, 0) is 38.1 Å². The van der Waals surface area contributed by atoms with Gasteiger partial charge in [0.05, 0.1) is 18.5 Å². The zero-order valence-electron chi connectivity index (χ0n) is 12.5. The highest BCUT2D eigenvalue weighted by atomic mass is 32.1. The van der Waals surface area contributed by atoms with Gasteiger partial charge in [-0.15, -0.1) is 11.3 Å². The fourth-order valence-corrected chi connectivity index (χ4v) is 3.63. The van der Waals surface area contributed by atoms with E-state index >= 15 is 0 Å². The van der Waals surface area contributed by atoms with Crippen molar-refractivity contribution < 1.29 is 0 Å². The number of nitriles is 1. The average molecular weight is 299 g/mol. The Morgan fingerprint density at radius 3 is 2.48 bits per heavy atom. The van der Waals surface area contributed by atoms with Crippen molar-refractivity contribution in [2.24, 2.45) is 5.73 Å². The van der Waals surface area contributed by atoms with Crippen molar-refractivity contribution in [3.05, 3.63) is 52.2 Å². The van der Waals surface area contributed by atoms with Gasteiger partial charge in [0, 0.05) is 28.0 Å². The van der Waals surface area contributed by atoms with Gasteiger partial charge in [0.25, 0.3) is 0 Å². The lowest BCUT2D eigenvalue weighted by molar-refractivity contribution is 0.539. The van der Waals surface area contributed by atoms with E-state index in [0.29, 0.717) is 13.0 Å². The molecule has 0 radical (unpaired) electrons. The van der Waals surface area contributed by atoms with Crippen LogP contribution in [-0.2, 0) is 0 Å². The van der Waals surface area contributed by atoms with Gasteiger partial charge in [-0.1, -0.05) is 18.2 Å². The molecular weight excluding hydrogens is 278 g/mol. The Bertz CT molecular complexity index is 598. The van der Waals surface area contributed by atoms with Crippen LogP contribution in [0.5, 0.6) is 0 Å². The largest absolute Gasteiger partial charge is 0.361 e. The van der Waals surface area contributed by atoms with Gasteiger partial charge < -0.3 is 10.6 Å². The van der Waals surface area contributed by atoms with E-state index < -0.39 is 0 Å². The number of hydrogen-bond acceptors (Lipinski definition) is 4. The van der Waals surface area contributed by atoms with Crippen molar-refractivity contribution in [2.75, 3.05) is 11.4 Å². The zero-order chi connectivity index (χ0) is 15.2. The lowest BCUT2D eigenvalue weighted by Gasteiger charge is -2.35. The molecule has 0 saturated heterocycles. The second-order valence-electron chi connectivity index (χ2n) is 5.19. The fraction of sp³-hybridized carbons (Fsp3) is 0.353. The molecule has 2 atom stereocenters. The van der Waals surface area contributed by atoms with Crippen molar-refractivity contribution in [1.82, 2.24) is 0 Å². The maximum Gasteiger partial charge on any atom is 0.0783 e. The summed E-state index contributed by atoms with van der Waals surface area (Å²) < 4.78 is 0.